The highest BCUT2D eigenvalue weighted by molar-refractivity contribution is 7.12. The quantitative estimate of drug-likeness (QED) is 0.636. The van der Waals surface area contributed by atoms with Crippen LogP contribution in [-0.2, 0) is 0 Å². The molecule has 124 valence electrons. The molecule has 6 heteroatoms. The standard InChI is InChI=1S/C19H14ClN3OS/c20-13-3-4-17-14(10-13)16-11-15(18-2-1-9-25-18)22-23(16)19(24-17)12-5-7-21-8-6-12/h1-10,16,19H,11H2/t16-,19-/m1/s1. The molecular formula is C19H14ClN3OS. The van der Waals surface area contributed by atoms with Crippen molar-refractivity contribution in [1.29, 1.82) is 0 Å². The van der Waals surface area contributed by atoms with E-state index in [1.54, 1.807) is 23.7 Å². The molecule has 4 nitrogen and oxygen atoms in total. The lowest BCUT2D eigenvalue weighted by atomic mass is 9.98. The van der Waals surface area contributed by atoms with Gasteiger partial charge in [0.1, 0.15) is 5.75 Å². The fraction of sp³-hybridized carbons (Fsp3) is 0.158. The number of halogens is 1. The third-order valence-corrected chi connectivity index (χ3v) is 5.70. The van der Waals surface area contributed by atoms with Crippen molar-refractivity contribution < 1.29 is 4.74 Å². The number of hydrogen-bond donors (Lipinski definition) is 0. The zero-order valence-electron chi connectivity index (χ0n) is 13.2. The highest BCUT2D eigenvalue weighted by Crippen LogP contribution is 2.48. The van der Waals surface area contributed by atoms with Crippen LogP contribution in [0, 0.1) is 0 Å². The minimum atomic E-state index is -0.265. The molecule has 2 atom stereocenters. The molecule has 0 radical (unpaired) electrons. The highest BCUT2D eigenvalue weighted by atomic mass is 35.5. The molecule has 2 aliphatic rings. The Bertz CT molecular complexity index is 943. The van der Waals surface area contributed by atoms with Gasteiger partial charge < -0.3 is 4.74 Å². The number of pyridine rings is 1. The summed E-state index contributed by atoms with van der Waals surface area (Å²) in [6, 6.07) is 14.1. The fourth-order valence-corrected chi connectivity index (χ4v) is 4.30. The maximum Gasteiger partial charge on any atom is 0.213 e. The van der Waals surface area contributed by atoms with Gasteiger partial charge >= 0.3 is 0 Å². The summed E-state index contributed by atoms with van der Waals surface area (Å²) in [7, 11) is 0. The van der Waals surface area contributed by atoms with Crippen LogP contribution < -0.4 is 4.74 Å². The summed E-state index contributed by atoms with van der Waals surface area (Å²) < 4.78 is 6.29. The first-order valence-corrected chi connectivity index (χ1v) is 9.31. The second kappa shape index (κ2) is 5.86. The van der Waals surface area contributed by atoms with Crippen LogP contribution in [0.5, 0.6) is 5.75 Å². The van der Waals surface area contributed by atoms with Crippen LogP contribution in [0.1, 0.15) is 34.7 Å². The Labute approximate surface area is 154 Å². The maximum atomic E-state index is 6.29. The normalized spacial score (nSPS) is 21.3. The van der Waals surface area contributed by atoms with E-state index in [0.717, 1.165) is 29.0 Å². The molecule has 0 unspecified atom stereocenters. The van der Waals surface area contributed by atoms with Crippen LogP contribution >= 0.6 is 22.9 Å². The third kappa shape index (κ3) is 2.51. The molecule has 0 saturated carbocycles. The van der Waals surface area contributed by atoms with E-state index in [1.807, 2.05) is 30.3 Å². The largest absolute Gasteiger partial charge is 0.464 e. The number of aromatic nitrogens is 1. The van der Waals surface area contributed by atoms with Crippen molar-refractivity contribution in [2.75, 3.05) is 0 Å². The van der Waals surface area contributed by atoms with Crippen LogP contribution in [-0.4, -0.2) is 15.7 Å². The number of thiophene rings is 1. The minimum Gasteiger partial charge on any atom is -0.464 e. The van der Waals surface area contributed by atoms with Crippen molar-refractivity contribution in [2.24, 2.45) is 5.10 Å². The van der Waals surface area contributed by atoms with Crippen molar-refractivity contribution in [1.82, 2.24) is 9.99 Å². The third-order valence-electron chi connectivity index (χ3n) is 4.55. The Balaban J connectivity index is 1.62. The summed E-state index contributed by atoms with van der Waals surface area (Å²) in [4.78, 5) is 5.31. The molecule has 2 aromatic heterocycles. The summed E-state index contributed by atoms with van der Waals surface area (Å²) in [5.41, 5.74) is 3.22. The van der Waals surface area contributed by atoms with Crippen LogP contribution in [0.15, 0.2) is 65.3 Å². The Morgan fingerprint density at radius 3 is 2.84 bits per heavy atom. The average Bonchev–Trinajstić information content (AvgIpc) is 3.31. The Hall–Kier alpha value is -2.37. The van der Waals surface area contributed by atoms with E-state index in [9.17, 15) is 0 Å². The number of nitrogens with zero attached hydrogens (tertiary/aromatic N) is 3. The summed E-state index contributed by atoms with van der Waals surface area (Å²) in [5, 5.41) is 9.77. The van der Waals surface area contributed by atoms with E-state index >= 15 is 0 Å². The van der Waals surface area contributed by atoms with Crippen molar-refractivity contribution in [3.63, 3.8) is 0 Å². The van der Waals surface area contributed by atoms with Gasteiger partial charge in [-0.2, -0.15) is 5.10 Å². The number of benzene rings is 1. The van der Waals surface area contributed by atoms with Gasteiger partial charge in [0, 0.05) is 35.0 Å². The molecule has 0 fully saturated rings. The van der Waals surface area contributed by atoms with Gasteiger partial charge in [0.2, 0.25) is 6.23 Å². The molecule has 5 rings (SSSR count). The molecule has 0 aliphatic carbocycles. The molecule has 0 saturated heterocycles. The van der Waals surface area contributed by atoms with Crippen molar-refractivity contribution in [3.05, 3.63) is 81.3 Å². The Morgan fingerprint density at radius 1 is 1.16 bits per heavy atom. The number of hydrogen-bond acceptors (Lipinski definition) is 5. The van der Waals surface area contributed by atoms with Crippen molar-refractivity contribution in [2.45, 2.75) is 18.7 Å². The average molecular weight is 368 g/mol. The zero-order chi connectivity index (χ0) is 16.8. The molecule has 2 aliphatic heterocycles. The monoisotopic (exact) mass is 367 g/mol. The van der Waals surface area contributed by atoms with Crippen LogP contribution in [0.4, 0.5) is 0 Å². The van der Waals surface area contributed by atoms with E-state index < -0.39 is 0 Å². The van der Waals surface area contributed by atoms with Gasteiger partial charge in [-0.15, -0.1) is 11.3 Å². The van der Waals surface area contributed by atoms with Crippen LogP contribution in [0.25, 0.3) is 0 Å². The minimum absolute atomic E-state index is 0.123. The molecular weight excluding hydrogens is 354 g/mol. The second-order valence-electron chi connectivity index (χ2n) is 6.06. The topological polar surface area (TPSA) is 37.7 Å². The summed E-state index contributed by atoms with van der Waals surface area (Å²) >= 11 is 7.95. The van der Waals surface area contributed by atoms with Crippen molar-refractivity contribution >= 4 is 28.6 Å². The predicted molar refractivity (Wildman–Crippen MR) is 99.1 cm³/mol. The lowest BCUT2D eigenvalue weighted by Gasteiger charge is -2.38. The first-order chi connectivity index (χ1) is 12.3. The summed E-state index contributed by atoms with van der Waals surface area (Å²) in [5.74, 6) is 0.870. The van der Waals surface area contributed by atoms with E-state index in [4.69, 9.17) is 21.4 Å². The first-order valence-electron chi connectivity index (χ1n) is 8.05. The van der Waals surface area contributed by atoms with Gasteiger partial charge in [-0.05, 0) is 41.8 Å². The lowest BCUT2D eigenvalue weighted by Crippen LogP contribution is -2.33. The fourth-order valence-electron chi connectivity index (χ4n) is 3.40. The van der Waals surface area contributed by atoms with Crippen LogP contribution in [0.3, 0.4) is 0 Å². The maximum absolute atomic E-state index is 6.29. The molecule has 25 heavy (non-hydrogen) atoms. The molecule has 0 bridgehead atoms. The molecule has 3 aromatic rings. The van der Waals surface area contributed by atoms with E-state index in [-0.39, 0.29) is 12.3 Å². The number of ether oxygens (including phenoxy) is 1. The van der Waals surface area contributed by atoms with Crippen LogP contribution in [0.2, 0.25) is 5.02 Å². The van der Waals surface area contributed by atoms with Gasteiger partial charge in [0.05, 0.1) is 16.6 Å². The Morgan fingerprint density at radius 2 is 2.04 bits per heavy atom. The van der Waals surface area contributed by atoms with E-state index in [0.29, 0.717) is 5.02 Å². The predicted octanol–water partition coefficient (Wildman–Crippen LogP) is 5.04. The zero-order valence-corrected chi connectivity index (χ0v) is 14.7. The summed E-state index contributed by atoms with van der Waals surface area (Å²) in [6.45, 7) is 0. The van der Waals surface area contributed by atoms with Gasteiger partial charge in [-0.1, -0.05) is 17.7 Å². The SMILES string of the molecule is Clc1ccc2c(c1)[C@H]1CC(c3cccs3)=NN1[C@@H](c1ccncc1)O2. The summed E-state index contributed by atoms with van der Waals surface area (Å²) in [6.07, 6.45) is 4.15. The number of rotatable bonds is 2. The second-order valence-corrected chi connectivity index (χ2v) is 7.44. The number of fused-ring (bicyclic) bond motifs is 3. The Kier molecular flexibility index (Phi) is 3.50. The highest BCUT2D eigenvalue weighted by Gasteiger charge is 2.41. The van der Waals surface area contributed by atoms with E-state index in [2.05, 4.69) is 27.5 Å². The molecule has 0 N–H and O–H groups in total. The number of hydrazone groups is 1. The van der Waals surface area contributed by atoms with Gasteiger partial charge in [-0.3, -0.25) is 4.98 Å². The van der Waals surface area contributed by atoms with Gasteiger partial charge in [0.15, 0.2) is 0 Å². The van der Waals surface area contributed by atoms with Gasteiger partial charge in [-0.25, -0.2) is 5.01 Å². The molecule has 0 amide bonds. The smallest absolute Gasteiger partial charge is 0.213 e. The lowest BCUT2D eigenvalue weighted by molar-refractivity contribution is -0.0190. The molecule has 4 heterocycles. The van der Waals surface area contributed by atoms with Gasteiger partial charge in [0.25, 0.3) is 0 Å². The molecule has 1 aromatic carbocycles. The van der Waals surface area contributed by atoms with E-state index in [1.165, 1.54) is 4.88 Å². The van der Waals surface area contributed by atoms with Crippen molar-refractivity contribution in [3.8, 4) is 5.75 Å². The first kappa shape index (κ1) is 14.9. The molecule has 0 spiro atoms.